The average molecular weight is 733 g/mol. The fraction of sp³-hybridized carbons (Fsp3) is 0. The zero-order chi connectivity index (χ0) is 34.6. The van der Waals surface area contributed by atoms with Crippen molar-refractivity contribution in [1.29, 1.82) is 0 Å². The van der Waals surface area contributed by atoms with Gasteiger partial charge in [0.1, 0.15) is 21.5 Å². The van der Waals surface area contributed by atoms with Crippen LogP contribution in [0.2, 0.25) is 5.02 Å². The highest BCUT2D eigenvalue weighted by atomic mass is 35.5. The smallest absolute Gasteiger partial charge is 0.301 e. The highest BCUT2D eigenvalue weighted by molar-refractivity contribution is 7.94. The van der Waals surface area contributed by atoms with Crippen LogP contribution in [-0.2, 0) is 29.6 Å². The van der Waals surface area contributed by atoms with E-state index in [1.807, 2.05) is 0 Å². The Hall–Kier alpha value is -4.70. The maximum atomic E-state index is 14.0. The molecule has 0 fully saturated rings. The number of benzene rings is 6. The summed E-state index contributed by atoms with van der Waals surface area (Å²) in [5.41, 5.74) is -5.15. The molecule has 0 amide bonds. The molecule has 20 heteroatoms. The summed E-state index contributed by atoms with van der Waals surface area (Å²) in [6.07, 6.45) is 0. The molecule has 0 spiro atoms. The first-order valence-electron chi connectivity index (χ1n) is 12.9. The number of phenolic OH excluding ortho intramolecular Hbond substituents is 1. The Kier molecular flexibility index (Phi) is 7.07. The van der Waals surface area contributed by atoms with E-state index in [9.17, 15) is 50.2 Å². The molecule has 6 aromatic carbocycles. The molecule has 1 heterocycles. The Labute approximate surface area is 272 Å². The van der Waals surface area contributed by atoms with E-state index in [1.54, 1.807) is 0 Å². The lowest BCUT2D eigenvalue weighted by Gasteiger charge is -2.08. The van der Waals surface area contributed by atoms with Crippen molar-refractivity contribution in [2.24, 2.45) is 0 Å². The number of hydrogen-bond donors (Lipinski definition) is 4. The molecule has 242 valence electrons. The average Bonchev–Trinajstić information content (AvgIpc) is 3.02. The molecule has 0 bridgehead atoms. The molecule has 0 unspecified atom stereocenters. The van der Waals surface area contributed by atoms with Crippen LogP contribution in [0.25, 0.3) is 65.2 Å². The summed E-state index contributed by atoms with van der Waals surface area (Å²) in [5.74, 6) is -0.755. The minimum absolute atomic E-state index is 0.164. The molecule has 1 aromatic heterocycles. The van der Waals surface area contributed by atoms with Gasteiger partial charge in [0.15, 0.2) is 15.8 Å². The van der Waals surface area contributed by atoms with Crippen molar-refractivity contribution in [3.8, 4) is 5.75 Å². The minimum atomic E-state index is -5.20. The van der Waals surface area contributed by atoms with Gasteiger partial charge in [0.05, 0.1) is 27.2 Å². The molecule has 0 radical (unpaired) electrons. The molecule has 0 saturated heterocycles. The van der Waals surface area contributed by atoms with Gasteiger partial charge < -0.3 is 5.11 Å². The summed E-state index contributed by atoms with van der Waals surface area (Å²) in [5, 5.41) is 19.5. The molecular formula is C28H13ClN2O14S3+2. The quantitative estimate of drug-likeness (QED) is 0.0491. The van der Waals surface area contributed by atoms with Gasteiger partial charge in [-0.25, -0.2) is 5.26 Å². The van der Waals surface area contributed by atoms with E-state index in [1.165, 1.54) is 0 Å². The van der Waals surface area contributed by atoms with Crippen molar-refractivity contribution in [1.82, 2.24) is 0 Å². The van der Waals surface area contributed by atoms with Crippen molar-refractivity contribution in [2.75, 3.05) is 0 Å². The highest BCUT2D eigenvalue weighted by Crippen LogP contribution is 2.36. The van der Waals surface area contributed by atoms with Gasteiger partial charge in [-0.15, -0.1) is 4.33 Å². The van der Waals surface area contributed by atoms with E-state index in [0.717, 1.165) is 36.4 Å². The number of hydrogen-bond acceptors (Lipinski definition) is 13. The number of nitrogens with one attached hydrogen (secondary N) is 2. The number of fused-ring (bicyclic) bond motifs is 8. The molecule has 48 heavy (non-hydrogen) atoms. The predicted octanol–water partition coefficient (Wildman–Crippen LogP) is 1.83. The standard InChI is InChI=1S/C28H11ClN2O14S3/c29-14-6-12-17(26(34)11-5-8(47(38,39)40)1-2-9(11)24(12)32)22-20(14)30-23-18-13(7-16(21(23)31-22)48(41,42)43)25(33)10-3-4-15(46-45-44-37)27(35)19(10)28(18)36/h1-7,35,37H,(H,38,39,40)(H,41,42,43)/p+2. The van der Waals surface area contributed by atoms with Gasteiger partial charge in [0, 0.05) is 26.9 Å². The number of H-pyrrole nitrogens is 2. The second-order valence-electron chi connectivity index (χ2n) is 10.4. The third kappa shape index (κ3) is 4.56. The van der Waals surface area contributed by atoms with Crippen LogP contribution in [-0.4, -0.2) is 36.3 Å². The first kappa shape index (κ1) is 31.9. The SMILES string of the molecule is O=c1c2ccc(S(=O)(=O)O)cc2c(=O)c2c1cc(Cl)c1[nH+]c3c([nH+]c12)c(S(=O)(=O)O)cc1c(=O)c2ccc(SOOO)c(O)c2c(=O)c13. The van der Waals surface area contributed by atoms with Gasteiger partial charge in [-0.3, -0.25) is 28.3 Å². The van der Waals surface area contributed by atoms with Crippen LogP contribution in [0.3, 0.4) is 0 Å². The van der Waals surface area contributed by atoms with Crippen molar-refractivity contribution < 1.29 is 55.6 Å². The van der Waals surface area contributed by atoms with Crippen LogP contribution in [0.1, 0.15) is 0 Å². The molecule has 7 aromatic rings. The largest absolute Gasteiger partial charge is 0.506 e. The van der Waals surface area contributed by atoms with Gasteiger partial charge in [-0.1, -0.05) is 16.6 Å². The lowest BCUT2D eigenvalue weighted by molar-refractivity contribution is -0.432. The lowest BCUT2D eigenvalue weighted by Crippen LogP contribution is -2.26. The monoisotopic (exact) mass is 732 g/mol. The number of rotatable bonds is 5. The zero-order valence-electron chi connectivity index (χ0n) is 23.0. The van der Waals surface area contributed by atoms with E-state index in [-0.39, 0.29) is 37.1 Å². The van der Waals surface area contributed by atoms with Gasteiger partial charge in [0.2, 0.25) is 10.9 Å². The normalized spacial score (nSPS) is 12.8. The molecule has 0 atom stereocenters. The number of halogens is 1. The Balaban J connectivity index is 1.73. The zero-order valence-corrected chi connectivity index (χ0v) is 26.2. The second-order valence-corrected chi connectivity index (χ2v) is 14.3. The summed E-state index contributed by atoms with van der Waals surface area (Å²) in [4.78, 5) is 58.6. The highest BCUT2D eigenvalue weighted by Gasteiger charge is 2.34. The van der Waals surface area contributed by atoms with E-state index < -0.39 is 95.5 Å². The van der Waals surface area contributed by atoms with E-state index in [2.05, 4.69) is 19.3 Å². The van der Waals surface area contributed by atoms with Crippen molar-refractivity contribution in [3.05, 3.63) is 88.4 Å². The first-order valence-corrected chi connectivity index (χ1v) is 16.9. The predicted molar refractivity (Wildman–Crippen MR) is 169 cm³/mol. The van der Waals surface area contributed by atoms with Crippen LogP contribution in [0.5, 0.6) is 5.75 Å². The van der Waals surface area contributed by atoms with Crippen LogP contribution in [0.15, 0.2) is 76.3 Å². The number of aromatic hydroxyl groups is 1. The van der Waals surface area contributed by atoms with E-state index in [4.69, 9.17) is 16.9 Å². The summed E-state index contributed by atoms with van der Waals surface area (Å²) >= 11 is 6.83. The minimum Gasteiger partial charge on any atom is -0.506 e. The van der Waals surface area contributed by atoms with Crippen LogP contribution in [0, 0.1) is 0 Å². The van der Waals surface area contributed by atoms with Gasteiger partial charge in [-0.2, -0.15) is 26.8 Å². The van der Waals surface area contributed by atoms with Crippen molar-refractivity contribution >= 4 is 109 Å². The Morgan fingerprint density at radius 3 is 1.92 bits per heavy atom. The summed E-state index contributed by atoms with van der Waals surface area (Å²) in [6, 6.07) is 6.85. The third-order valence-corrected chi connectivity index (χ3v) is 10.5. The van der Waals surface area contributed by atoms with E-state index >= 15 is 0 Å². The van der Waals surface area contributed by atoms with Crippen molar-refractivity contribution in [2.45, 2.75) is 14.7 Å². The fourth-order valence-electron chi connectivity index (χ4n) is 5.82. The Morgan fingerprint density at radius 1 is 0.646 bits per heavy atom. The first-order chi connectivity index (χ1) is 22.5. The summed E-state index contributed by atoms with van der Waals surface area (Å²) in [7, 11) is -10.0. The van der Waals surface area contributed by atoms with Crippen molar-refractivity contribution in [3.63, 3.8) is 0 Å². The third-order valence-electron chi connectivity index (χ3n) is 7.84. The van der Waals surface area contributed by atoms with E-state index in [0.29, 0.717) is 18.1 Å². The summed E-state index contributed by atoms with van der Waals surface area (Å²) in [6.45, 7) is 0. The molecule has 7 rings (SSSR count). The molecule has 16 nitrogen and oxygen atoms in total. The lowest BCUT2D eigenvalue weighted by atomic mass is 9.99. The molecule has 0 saturated carbocycles. The molecule has 0 aliphatic heterocycles. The summed E-state index contributed by atoms with van der Waals surface area (Å²) < 4.78 is 73.0. The maximum Gasteiger partial charge on any atom is 0.301 e. The molecule has 0 aliphatic carbocycles. The number of aromatic amines is 2. The van der Waals surface area contributed by atoms with Gasteiger partial charge in [-0.05, 0) is 42.5 Å². The number of phenols is 1. The van der Waals surface area contributed by atoms with Crippen LogP contribution >= 0.6 is 23.6 Å². The molecule has 0 aliphatic rings. The Bertz CT molecular complexity index is 3110. The van der Waals surface area contributed by atoms with Crippen LogP contribution < -0.4 is 31.7 Å². The maximum absolute atomic E-state index is 14.0. The Morgan fingerprint density at radius 2 is 1.25 bits per heavy atom. The van der Waals surface area contributed by atoms with Gasteiger partial charge >= 0.3 is 10.1 Å². The second kappa shape index (κ2) is 10.7. The molecule has 6 N–H and O–H groups in total. The van der Waals surface area contributed by atoms with Gasteiger partial charge in [0.25, 0.3) is 32.2 Å². The van der Waals surface area contributed by atoms with Crippen LogP contribution in [0.4, 0.5) is 0 Å². The number of aromatic nitrogens is 2. The fourth-order valence-corrected chi connectivity index (χ4v) is 7.66. The topological polar surface area (TPSA) is 264 Å². The molecular weight excluding hydrogens is 720 g/mol.